The molecule has 0 atom stereocenters. The van der Waals surface area contributed by atoms with Crippen molar-refractivity contribution in [3.05, 3.63) is 23.9 Å². The molecule has 1 N–H and O–H groups in total. The predicted molar refractivity (Wildman–Crippen MR) is 72.9 cm³/mol. The molecule has 0 unspecified atom stereocenters. The first-order valence-electron chi connectivity index (χ1n) is 6.14. The molecule has 1 saturated carbocycles. The molecule has 1 aromatic heterocycles. The summed E-state index contributed by atoms with van der Waals surface area (Å²) in [6, 6.07) is 5.33. The van der Waals surface area contributed by atoms with E-state index in [0.29, 0.717) is 5.82 Å². The molecule has 2 rings (SSSR count). The Morgan fingerprint density at radius 3 is 2.33 bits per heavy atom. The Labute approximate surface area is 109 Å². The highest BCUT2D eigenvalue weighted by molar-refractivity contribution is 7.94. The Morgan fingerprint density at radius 2 is 1.89 bits per heavy atom. The number of hydrogen-bond acceptors (Lipinski definition) is 3. The van der Waals surface area contributed by atoms with Gasteiger partial charge in [-0.25, -0.2) is 13.4 Å². The highest BCUT2D eigenvalue weighted by Crippen LogP contribution is 2.55. The van der Waals surface area contributed by atoms with Crippen molar-refractivity contribution in [2.24, 2.45) is 5.41 Å². The third kappa shape index (κ3) is 2.11. The maximum Gasteiger partial charge on any atom is 0.240 e. The minimum Gasteiger partial charge on any atom is -0.267 e. The van der Waals surface area contributed by atoms with Crippen molar-refractivity contribution in [3.63, 3.8) is 0 Å². The molecule has 0 amide bonds. The first-order chi connectivity index (χ1) is 8.18. The first-order valence-corrected chi connectivity index (χ1v) is 7.62. The summed E-state index contributed by atoms with van der Waals surface area (Å²) < 4.78 is 27.0. The van der Waals surface area contributed by atoms with E-state index in [1.807, 2.05) is 33.8 Å². The number of nitrogens with zero attached hydrogens (tertiary/aromatic N) is 1. The molecular formula is C13H20N2O2S. The fourth-order valence-electron chi connectivity index (χ4n) is 2.37. The molecule has 4 nitrogen and oxygen atoms in total. The Kier molecular flexibility index (Phi) is 2.93. The van der Waals surface area contributed by atoms with Gasteiger partial charge in [0, 0.05) is 5.69 Å². The Hall–Kier alpha value is -1.10. The van der Waals surface area contributed by atoms with Crippen LogP contribution >= 0.6 is 0 Å². The number of pyridine rings is 1. The number of aromatic nitrogens is 1. The summed E-state index contributed by atoms with van der Waals surface area (Å²) in [5, 5.41) is 0. The molecule has 0 aromatic carbocycles. The molecule has 1 aliphatic carbocycles. The predicted octanol–water partition coefficient (Wildman–Crippen LogP) is 2.71. The van der Waals surface area contributed by atoms with Crippen LogP contribution in [-0.2, 0) is 10.0 Å². The summed E-state index contributed by atoms with van der Waals surface area (Å²) >= 11 is 0. The van der Waals surface area contributed by atoms with Crippen molar-refractivity contribution in [2.45, 2.75) is 45.3 Å². The van der Waals surface area contributed by atoms with Crippen LogP contribution < -0.4 is 4.72 Å². The second kappa shape index (κ2) is 3.95. The minimum absolute atomic E-state index is 0.261. The van der Waals surface area contributed by atoms with Crippen LogP contribution in [0.25, 0.3) is 0 Å². The normalized spacial score (nSPS) is 18.4. The molecule has 1 fully saturated rings. The van der Waals surface area contributed by atoms with E-state index in [9.17, 15) is 8.42 Å². The maximum atomic E-state index is 12.5. The van der Waals surface area contributed by atoms with Crippen molar-refractivity contribution in [2.75, 3.05) is 4.72 Å². The number of nitrogens with one attached hydrogen (secondary N) is 1. The zero-order valence-electron chi connectivity index (χ0n) is 11.3. The molecule has 0 aliphatic heterocycles. The summed E-state index contributed by atoms with van der Waals surface area (Å²) in [5.41, 5.74) is 0.540. The SMILES string of the molecule is Cc1cccc(NS(=O)(=O)C2(C(C)(C)C)CC2)n1. The van der Waals surface area contributed by atoms with Crippen LogP contribution in [0.15, 0.2) is 18.2 Å². The van der Waals surface area contributed by atoms with Crippen LogP contribution in [-0.4, -0.2) is 18.1 Å². The van der Waals surface area contributed by atoms with Gasteiger partial charge in [-0.15, -0.1) is 0 Å². The number of anilines is 1. The summed E-state index contributed by atoms with van der Waals surface area (Å²) in [7, 11) is -3.39. The van der Waals surface area contributed by atoms with Gasteiger partial charge in [0.15, 0.2) is 0 Å². The van der Waals surface area contributed by atoms with E-state index in [0.717, 1.165) is 18.5 Å². The molecule has 1 aromatic rings. The largest absolute Gasteiger partial charge is 0.267 e. The van der Waals surface area contributed by atoms with Crippen LogP contribution in [0, 0.1) is 12.3 Å². The van der Waals surface area contributed by atoms with E-state index in [1.54, 1.807) is 12.1 Å². The number of hydrogen-bond donors (Lipinski definition) is 1. The summed E-state index contributed by atoms with van der Waals surface area (Å²) in [5.74, 6) is 0.408. The highest BCUT2D eigenvalue weighted by atomic mass is 32.2. The average Bonchev–Trinajstić information content (AvgIpc) is 2.95. The van der Waals surface area contributed by atoms with Gasteiger partial charge in [0.2, 0.25) is 10.0 Å². The van der Waals surface area contributed by atoms with Crippen LogP contribution in [0.1, 0.15) is 39.3 Å². The first kappa shape index (κ1) is 13.3. The molecule has 100 valence electrons. The second-order valence-electron chi connectivity index (χ2n) is 6.01. The summed E-state index contributed by atoms with van der Waals surface area (Å²) in [4.78, 5) is 4.19. The maximum absolute atomic E-state index is 12.5. The molecule has 0 bridgehead atoms. The van der Waals surface area contributed by atoms with Gasteiger partial charge in [-0.1, -0.05) is 26.8 Å². The molecule has 0 spiro atoms. The lowest BCUT2D eigenvalue weighted by molar-refractivity contribution is 0.363. The van der Waals surface area contributed by atoms with Gasteiger partial charge >= 0.3 is 0 Å². The van der Waals surface area contributed by atoms with Crippen LogP contribution in [0.2, 0.25) is 0 Å². The Balaban J connectivity index is 2.29. The monoisotopic (exact) mass is 268 g/mol. The minimum atomic E-state index is -3.39. The molecule has 0 radical (unpaired) electrons. The lowest BCUT2D eigenvalue weighted by Crippen LogP contribution is -2.40. The Morgan fingerprint density at radius 1 is 1.28 bits per heavy atom. The standard InChI is InChI=1S/C13H20N2O2S/c1-10-6-5-7-11(14-10)15-18(16,17)13(8-9-13)12(2,3)4/h5-7H,8-9H2,1-4H3,(H,14,15). The van der Waals surface area contributed by atoms with Crippen molar-refractivity contribution in [3.8, 4) is 0 Å². The fourth-order valence-corrected chi connectivity index (χ4v) is 4.40. The molecule has 5 heteroatoms. The number of rotatable bonds is 3. The lowest BCUT2D eigenvalue weighted by atomic mass is 9.90. The van der Waals surface area contributed by atoms with E-state index in [1.165, 1.54) is 0 Å². The van der Waals surface area contributed by atoms with Gasteiger partial charge in [-0.3, -0.25) is 4.72 Å². The van der Waals surface area contributed by atoms with Crippen molar-refractivity contribution >= 4 is 15.8 Å². The molecular weight excluding hydrogens is 248 g/mol. The van der Waals surface area contributed by atoms with Gasteiger partial charge in [0.1, 0.15) is 5.82 Å². The van der Waals surface area contributed by atoms with Gasteiger partial charge < -0.3 is 0 Å². The fraction of sp³-hybridized carbons (Fsp3) is 0.615. The van der Waals surface area contributed by atoms with E-state index < -0.39 is 14.8 Å². The van der Waals surface area contributed by atoms with Crippen LogP contribution in [0.5, 0.6) is 0 Å². The van der Waals surface area contributed by atoms with Crippen LogP contribution in [0.3, 0.4) is 0 Å². The zero-order chi connectivity index (χ0) is 13.6. The van der Waals surface area contributed by atoms with Crippen molar-refractivity contribution in [1.29, 1.82) is 0 Å². The van der Waals surface area contributed by atoms with Crippen molar-refractivity contribution in [1.82, 2.24) is 4.98 Å². The topological polar surface area (TPSA) is 59.1 Å². The average molecular weight is 268 g/mol. The molecule has 1 aliphatic rings. The third-order valence-electron chi connectivity index (χ3n) is 3.71. The van der Waals surface area contributed by atoms with Crippen LogP contribution in [0.4, 0.5) is 5.82 Å². The van der Waals surface area contributed by atoms with E-state index in [-0.39, 0.29) is 5.41 Å². The summed E-state index contributed by atoms with van der Waals surface area (Å²) in [6.45, 7) is 7.77. The molecule has 18 heavy (non-hydrogen) atoms. The molecule has 1 heterocycles. The number of sulfonamides is 1. The third-order valence-corrected chi connectivity index (χ3v) is 6.24. The van der Waals surface area contributed by atoms with Gasteiger partial charge in [-0.05, 0) is 37.3 Å². The quantitative estimate of drug-likeness (QED) is 0.917. The van der Waals surface area contributed by atoms with Gasteiger partial charge in [0.25, 0.3) is 0 Å². The van der Waals surface area contributed by atoms with Gasteiger partial charge in [0.05, 0.1) is 4.75 Å². The zero-order valence-corrected chi connectivity index (χ0v) is 12.1. The number of aryl methyl sites for hydroxylation is 1. The highest BCUT2D eigenvalue weighted by Gasteiger charge is 2.62. The van der Waals surface area contributed by atoms with E-state index in [2.05, 4.69) is 9.71 Å². The Bertz CT molecular complexity index is 555. The lowest BCUT2D eigenvalue weighted by Gasteiger charge is -2.30. The van der Waals surface area contributed by atoms with Gasteiger partial charge in [-0.2, -0.15) is 0 Å². The summed E-state index contributed by atoms with van der Waals surface area (Å²) in [6.07, 6.45) is 1.44. The van der Waals surface area contributed by atoms with Crippen molar-refractivity contribution < 1.29 is 8.42 Å². The van der Waals surface area contributed by atoms with E-state index in [4.69, 9.17) is 0 Å². The molecule has 0 saturated heterocycles. The second-order valence-corrected chi connectivity index (χ2v) is 8.01. The smallest absolute Gasteiger partial charge is 0.240 e. The van der Waals surface area contributed by atoms with E-state index >= 15 is 0 Å².